The van der Waals surface area contributed by atoms with E-state index < -0.39 is 11.7 Å². The molecule has 1 aromatic carbocycles. The van der Waals surface area contributed by atoms with Crippen molar-refractivity contribution in [2.24, 2.45) is 0 Å². The van der Waals surface area contributed by atoms with Crippen LogP contribution in [0.2, 0.25) is 0 Å². The van der Waals surface area contributed by atoms with Crippen LogP contribution in [0.5, 0.6) is 0 Å². The van der Waals surface area contributed by atoms with Crippen molar-refractivity contribution >= 4 is 0 Å². The zero-order valence-corrected chi connectivity index (χ0v) is 10.9. The van der Waals surface area contributed by atoms with Gasteiger partial charge >= 0.3 is 6.18 Å². The number of hydrogen-bond acceptors (Lipinski definition) is 4. The molecule has 0 spiro atoms. The van der Waals surface area contributed by atoms with Gasteiger partial charge in [-0.1, -0.05) is 17.3 Å². The van der Waals surface area contributed by atoms with Gasteiger partial charge in [-0.25, -0.2) is 0 Å². The van der Waals surface area contributed by atoms with Gasteiger partial charge in [-0.15, -0.1) is 0 Å². The quantitative estimate of drug-likeness (QED) is 0.858. The predicted molar refractivity (Wildman–Crippen MR) is 67.0 cm³/mol. The van der Waals surface area contributed by atoms with Crippen LogP contribution in [0.25, 0.3) is 11.5 Å². The molecule has 0 saturated carbocycles. The maximum Gasteiger partial charge on any atom is 0.417 e. The lowest BCUT2D eigenvalue weighted by Gasteiger charge is -2.09. The van der Waals surface area contributed by atoms with Crippen molar-refractivity contribution in [3.05, 3.63) is 35.7 Å². The fourth-order valence-electron chi connectivity index (χ4n) is 1.80. The standard InChI is InChI=1S/C13H14F3N3O/c1-17-8-4-7-11-18-12(20-19-11)9-5-2-3-6-10(9)13(14,15)16/h2-3,5-6,17H,4,7-8H2,1H3. The van der Waals surface area contributed by atoms with Crippen LogP contribution >= 0.6 is 0 Å². The first-order chi connectivity index (χ1) is 9.52. The minimum atomic E-state index is -4.45. The molecule has 0 bridgehead atoms. The SMILES string of the molecule is CNCCCc1noc(-c2ccccc2C(F)(F)F)n1. The van der Waals surface area contributed by atoms with Crippen molar-refractivity contribution in [2.45, 2.75) is 19.0 Å². The highest BCUT2D eigenvalue weighted by Crippen LogP contribution is 2.36. The van der Waals surface area contributed by atoms with Crippen molar-refractivity contribution in [3.8, 4) is 11.5 Å². The Hall–Kier alpha value is -1.89. The van der Waals surface area contributed by atoms with Crippen LogP contribution in [-0.2, 0) is 12.6 Å². The molecule has 2 aromatic rings. The van der Waals surface area contributed by atoms with Gasteiger partial charge in [0.15, 0.2) is 5.82 Å². The average molecular weight is 285 g/mol. The number of nitrogens with zero attached hydrogens (tertiary/aromatic N) is 2. The maximum atomic E-state index is 12.9. The molecular weight excluding hydrogens is 271 g/mol. The van der Waals surface area contributed by atoms with Crippen LogP contribution in [0.4, 0.5) is 13.2 Å². The second kappa shape index (κ2) is 6.04. The Labute approximate surface area is 114 Å². The summed E-state index contributed by atoms with van der Waals surface area (Å²) in [5, 5.41) is 6.68. The maximum absolute atomic E-state index is 12.9. The van der Waals surface area contributed by atoms with E-state index in [1.54, 1.807) is 0 Å². The number of halogens is 3. The van der Waals surface area contributed by atoms with Crippen molar-refractivity contribution < 1.29 is 17.7 Å². The normalized spacial score (nSPS) is 11.8. The number of alkyl halides is 3. The van der Waals surface area contributed by atoms with Gasteiger partial charge in [0.1, 0.15) is 0 Å². The molecule has 0 fully saturated rings. The van der Waals surface area contributed by atoms with Crippen LogP contribution in [0.15, 0.2) is 28.8 Å². The number of nitrogens with one attached hydrogen (secondary N) is 1. The van der Waals surface area contributed by atoms with E-state index in [1.165, 1.54) is 18.2 Å². The van der Waals surface area contributed by atoms with E-state index in [0.29, 0.717) is 12.2 Å². The highest BCUT2D eigenvalue weighted by Gasteiger charge is 2.34. The van der Waals surface area contributed by atoms with Crippen LogP contribution in [0, 0.1) is 0 Å². The Bertz CT molecular complexity index is 566. The molecule has 4 nitrogen and oxygen atoms in total. The van der Waals surface area contributed by atoms with Crippen LogP contribution in [0.1, 0.15) is 17.8 Å². The first-order valence-corrected chi connectivity index (χ1v) is 6.16. The largest absolute Gasteiger partial charge is 0.417 e. The lowest BCUT2D eigenvalue weighted by Crippen LogP contribution is -2.08. The minimum Gasteiger partial charge on any atom is -0.334 e. The molecule has 108 valence electrons. The zero-order valence-electron chi connectivity index (χ0n) is 10.9. The molecule has 0 radical (unpaired) electrons. The van der Waals surface area contributed by atoms with Gasteiger partial charge in [0.25, 0.3) is 5.89 Å². The summed E-state index contributed by atoms with van der Waals surface area (Å²) in [6.45, 7) is 0.781. The van der Waals surface area contributed by atoms with Gasteiger partial charge < -0.3 is 9.84 Å². The van der Waals surface area contributed by atoms with E-state index in [0.717, 1.165) is 19.0 Å². The third-order valence-corrected chi connectivity index (χ3v) is 2.76. The Balaban J connectivity index is 2.24. The minimum absolute atomic E-state index is 0.0904. The van der Waals surface area contributed by atoms with Gasteiger partial charge in [0.05, 0.1) is 11.1 Å². The summed E-state index contributed by atoms with van der Waals surface area (Å²) in [4.78, 5) is 4.02. The summed E-state index contributed by atoms with van der Waals surface area (Å²) in [6.07, 6.45) is -3.10. The number of aromatic nitrogens is 2. The van der Waals surface area contributed by atoms with Gasteiger partial charge in [-0.2, -0.15) is 18.2 Å². The monoisotopic (exact) mass is 285 g/mol. The molecule has 1 aromatic heterocycles. The highest BCUT2D eigenvalue weighted by molar-refractivity contribution is 5.59. The fraction of sp³-hybridized carbons (Fsp3) is 0.385. The summed E-state index contributed by atoms with van der Waals surface area (Å²) in [7, 11) is 1.82. The molecule has 0 aliphatic heterocycles. The van der Waals surface area contributed by atoms with Crippen molar-refractivity contribution in [2.75, 3.05) is 13.6 Å². The predicted octanol–water partition coefficient (Wildman–Crippen LogP) is 2.91. The first-order valence-electron chi connectivity index (χ1n) is 6.16. The Morgan fingerprint density at radius 3 is 2.70 bits per heavy atom. The summed E-state index contributed by atoms with van der Waals surface area (Å²) in [5.41, 5.74) is -0.863. The van der Waals surface area contributed by atoms with Crippen LogP contribution in [0.3, 0.4) is 0 Å². The molecule has 0 unspecified atom stereocenters. The summed E-state index contributed by atoms with van der Waals surface area (Å²) < 4.78 is 43.6. The first kappa shape index (κ1) is 14.5. The van der Waals surface area contributed by atoms with Gasteiger partial charge in [-0.05, 0) is 32.1 Å². The number of rotatable bonds is 5. The molecule has 2 rings (SSSR count). The lowest BCUT2D eigenvalue weighted by atomic mass is 10.1. The highest BCUT2D eigenvalue weighted by atomic mass is 19.4. The smallest absolute Gasteiger partial charge is 0.334 e. The van der Waals surface area contributed by atoms with Crippen molar-refractivity contribution in [1.29, 1.82) is 0 Å². The Kier molecular flexibility index (Phi) is 4.39. The van der Waals surface area contributed by atoms with Gasteiger partial charge in [0, 0.05) is 6.42 Å². The Morgan fingerprint density at radius 1 is 1.25 bits per heavy atom. The molecule has 20 heavy (non-hydrogen) atoms. The number of hydrogen-bond donors (Lipinski definition) is 1. The molecule has 0 atom stereocenters. The summed E-state index contributed by atoms with van der Waals surface area (Å²) >= 11 is 0. The van der Waals surface area contributed by atoms with Gasteiger partial charge in [-0.3, -0.25) is 0 Å². The summed E-state index contributed by atoms with van der Waals surface area (Å²) in [5.74, 6) is 0.310. The molecule has 0 saturated heterocycles. The second-order valence-electron chi connectivity index (χ2n) is 4.27. The van der Waals surface area contributed by atoms with E-state index in [-0.39, 0.29) is 11.5 Å². The second-order valence-corrected chi connectivity index (χ2v) is 4.27. The summed E-state index contributed by atoms with van der Waals surface area (Å²) in [6, 6.07) is 5.17. The van der Waals surface area contributed by atoms with E-state index in [2.05, 4.69) is 15.5 Å². The molecule has 0 aliphatic carbocycles. The molecule has 1 heterocycles. The van der Waals surface area contributed by atoms with Crippen molar-refractivity contribution in [1.82, 2.24) is 15.5 Å². The number of benzene rings is 1. The van der Waals surface area contributed by atoms with Gasteiger partial charge in [0.2, 0.25) is 0 Å². The van der Waals surface area contributed by atoms with E-state index in [4.69, 9.17) is 4.52 Å². The fourth-order valence-corrected chi connectivity index (χ4v) is 1.80. The zero-order chi connectivity index (χ0) is 14.6. The van der Waals surface area contributed by atoms with Crippen LogP contribution < -0.4 is 5.32 Å². The third kappa shape index (κ3) is 3.36. The Morgan fingerprint density at radius 2 is 2.00 bits per heavy atom. The number of aryl methyl sites for hydroxylation is 1. The molecule has 1 N–H and O–H groups in total. The topological polar surface area (TPSA) is 51.0 Å². The lowest BCUT2D eigenvalue weighted by molar-refractivity contribution is -0.137. The third-order valence-electron chi connectivity index (χ3n) is 2.76. The molecule has 0 amide bonds. The molecule has 7 heteroatoms. The van der Waals surface area contributed by atoms with E-state index in [9.17, 15) is 13.2 Å². The van der Waals surface area contributed by atoms with E-state index in [1.807, 2.05) is 7.05 Å². The van der Waals surface area contributed by atoms with Crippen molar-refractivity contribution in [3.63, 3.8) is 0 Å². The average Bonchev–Trinajstić information content (AvgIpc) is 2.87. The van der Waals surface area contributed by atoms with E-state index >= 15 is 0 Å². The van der Waals surface area contributed by atoms with Crippen LogP contribution in [-0.4, -0.2) is 23.7 Å². The molecular formula is C13H14F3N3O. The molecule has 0 aliphatic rings.